The fourth-order valence-electron chi connectivity index (χ4n) is 4.74. The molecule has 1 fully saturated rings. The number of rotatable bonds is 8. The topological polar surface area (TPSA) is 51.5 Å². The summed E-state index contributed by atoms with van der Waals surface area (Å²) >= 11 is 6.37. The molecule has 4 nitrogen and oxygen atoms in total. The van der Waals surface area contributed by atoms with Crippen LogP contribution in [0.15, 0.2) is 0 Å². The summed E-state index contributed by atoms with van der Waals surface area (Å²) in [5.41, 5.74) is 0.845. The van der Waals surface area contributed by atoms with E-state index in [1.54, 1.807) is 6.92 Å². The van der Waals surface area contributed by atoms with Gasteiger partial charge in [0.15, 0.2) is 0 Å². The first-order chi connectivity index (χ1) is 14.2. The molecule has 0 saturated heterocycles. The highest BCUT2D eigenvalue weighted by Gasteiger charge is 2.49. The van der Waals surface area contributed by atoms with Crippen LogP contribution in [0.2, 0.25) is 5.15 Å². The van der Waals surface area contributed by atoms with Crippen molar-refractivity contribution in [1.29, 1.82) is 0 Å². The van der Waals surface area contributed by atoms with Gasteiger partial charge in [-0.15, -0.1) is 12.3 Å². The van der Waals surface area contributed by atoms with E-state index in [0.29, 0.717) is 30.5 Å². The van der Waals surface area contributed by atoms with Crippen LogP contribution in [0.3, 0.4) is 0 Å². The van der Waals surface area contributed by atoms with Crippen molar-refractivity contribution in [1.82, 2.24) is 4.57 Å². The summed E-state index contributed by atoms with van der Waals surface area (Å²) in [5, 5.41) is 9.49. The van der Waals surface area contributed by atoms with Crippen LogP contribution in [-0.4, -0.2) is 35.5 Å². The third-order valence-corrected chi connectivity index (χ3v) is 6.51. The quantitative estimate of drug-likeness (QED) is 0.326. The summed E-state index contributed by atoms with van der Waals surface area (Å²) < 4.78 is 48.0. The van der Waals surface area contributed by atoms with Gasteiger partial charge in [-0.05, 0) is 44.1 Å². The number of aliphatic hydroxyl groups is 1. The summed E-state index contributed by atoms with van der Waals surface area (Å²) in [6, 6.07) is 0. The Balaban J connectivity index is 2.46. The number of hydrogen-bond acceptors (Lipinski definition) is 3. The number of alkyl halides is 3. The van der Waals surface area contributed by atoms with E-state index >= 15 is 0 Å². The molecule has 1 aliphatic rings. The predicted molar refractivity (Wildman–Crippen MR) is 110 cm³/mol. The number of terminal acetylenes is 1. The van der Waals surface area contributed by atoms with Gasteiger partial charge in [-0.1, -0.05) is 24.4 Å². The first-order valence-electron chi connectivity index (χ1n) is 10.2. The minimum atomic E-state index is -4.36. The zero-order valence-corrected chi connectivity index (χ0v) is 18.2. The molecule has 0 amide bonds. The van der Waals surface area contributed by atoms with Crippen molar-refractivity contribution in [2.75, 3.05) is 13.7 Å². The number of unbranched alkanes of at least 4 members (excludes halogenated alkanes) is 2. The van der Waals surface area contributed by atoms with Gasteiger partial charge >= 0.3 is 12.1 Å². The van der Waals surface area contributed by atoms with Crippen molar-refractivity contribution in [2.24, 2.45) is 11.8 Å². The lowest BCUT2D eigenvalue weighted by molar-refractivity contribution is -0.190. The minimum Gasteiger partial charge on any atom is -0.465 e. The third kappa shape index (κ3) is 5.33. The van der Waals surface area contributed by atoms with Gasteiger partial charge in [-0.3, -0.25) is 0 Å². The van der Waals surface area contributed by atoms with Gasteiger partial charge in [0.1, 0.15) is 5.15 Å². The number of carbonyl (C=O) groups excluding carboxylic acids is 1. The fraction of sp³-hybridized carbons (Fsp3) is 0.682. The fourth-order valence-corrected chi connectivity index (χ4v) is 5.13. The molecule has 1 aromatic heterocycles. The van der Waals surface area contributed by atoms with Crippen molar-refractivity contribution < 1.29 is 27.8 Å². The van der Waals surface area contributed by atoms with Crippen LogP contribution in [0.5, 0.6) is 0 Å². The summed E-state index contributed by atoms with van der Waals surface area (Å²) in [5.74, 6) is -0.320. The van der Waals surface area contributed by atoms with Gasteiger partial charge in [-0.2, -0.15) is 13.2 Å². The van der Waals surface area contributed by atoms with Crippen molar-refractivity contribution >= 4 is 17.6 Å². The standard InChI is InChI=1S/C22H29ClF3NO3/c1-4-5-6-7-8-15-9-10-17(22(24,25)26)16(13-15)19-14(2)18(21(29)30-3)20(23)27(19)11-12-28/h1,15-17,28H,5-13H2,2-3H3/t15?,16-,17?/m1/s1. The number of nitrogens with zero attached hydrogens (tertiary/aromatic N) is 1. The molecular weight excluding hydrogens is 419 g/mol. The Morgan fingerprint density at radius 2 is 2.07 bits per heavy atom. The molecule has 0 aromatic carbocycles. The summed E-state index contributed by atoms with van der Waals surface area (Å²) in [6.07, 6.45) is 5.03. The molecule has 8 heteroatoms. The number of halogens is 4. The lowest BCUT2D eigenvalue weighted by atomic mass is 9.70. The molecular formula is C22H29ClF3NO3. The van der Waals surface area contributed by atoms with E-state index < -0.39 is 24.0 Å². The molecule has 1 saturated carbocycles. The first kappa shape index (κ1) is 24.6. The summed E-state index contributed by atoms with van der Waals surface area (Å²) in [4.78, 5) is 12.2. The number of carbonyl (C=O) groups is 1. The molecule has 3 atom stereocenters. The van der Waals surface area contributed by atoms with E-state index in [2.05, 4.69) is 5.92 Å². The number of methoxy groups -OCH3 is 1. The van der Waals surface area contributed by atoms with Gasteiger partial charge in [0.2, 0.25) is 0 Å². The molecule has 2 rings (SSSR count). The van der Waals surface area contributed by atoms with E-state index in [1.165, 1.54) is 11.7 Å². The van der Waals surface area contributed by atoms with Crippen LogP contribution >= 0.6 is 11.6 Å². The second-order valence-electron chi connectivity index (χ2n) is 7.93. The highest BCUT2D eigenvalue weighted by atomic mass is 35.5. The van der Waals surface area contributed by atoms with Gasteiger partial charge in [0, 0.05) is 24.6 Å². The zero-order chi connectivity index (χ0) is 22.5. The maximum Gasteiger partial charge on any atom is 0.392 e. The smallest absolute Gasteiger partial charge is 0.392 e. The third-order valence-electron chi connectivity index (χ3n) is 6.12. The number of aliphatic hydroxyl groups excluding tert-OH is 1. The van der Waals surface area contributed by atoms with Crippen LogP contribution < -0.4 is 0 Å². The largest absolute Gasteiger partial charge is 0.465 e. The van der Waals surface area contributed by atoms with Crippen LogP contribution in [0.4, 0.5) is 13.2 Å². The second-order valence-corrected chi connectivity index (χ2v) is 8.28. The highest BCUT2D eigenvalue weighted by Crippen LogP contribution is 2.51. The van der Waals surface area contributed by atoms with Crippen molar-refractivity contribution in [2.45, 2.75) is 70.5 Å². The molecule has 1 heterocycles. The Hall–Kier alpha value is -1.65. The molecule has 2 unspecified atom stereocenters. The molecule has 1 N–H and O–H groups in total. The monoisotopic (exact) mass is 447 g/mol. The van der Waals surface area contributed by atoms with Crippen LogP contribution in [0.25, 0.3) is 0 Å². The van der Waals surface area contributed by atoms with Crippen molar-refractivity contribution in [3.8, 4) is 12.3 Å². The predicted octanol–water partition coefficient (Wildman–Crippen LogP) is 5.48. The molecule has 1 aromatic rings. The highest BCUT2D eigenvalue weighted by molar-refractivity contribution is 6.33. The summed E-state index contributed by atoms with van der Waals surface area (Å²) in [6.45, 7) is 1.31. The molecule has 0 bridgehead atoms. The second kappa shape index (κ2) is 10.6. The van der Waals surface area contributed by atoms with Gasteiger partial charge in [-0.25, -0.2) is 4.79 Å². The lowest BCUT2D eigenvalue weighted by Gasteiger charge is -2.38. The number of ether oxygens (including phenoxy) is 1. The molecule has 0 spiro atoms. The van der Waals surface area contributed by atoms with Crippen molar-refractivity contribution in [3.05, 3.63) is 22.0 Å². The van der Waals surface area contributed by atoms with E-state index in [4.69, 9.17) is 22.8 Å². The molecule has 0 aliphatic heterocycles. The van der Waals surface area contributed by atoms with Crippen LogP contribution in [0.1, 0.15) is 72.5 Å². The Morgan fingerprint density at radius 3 is 2.63 bits per heavy atom. The molecule has 1 aliphatic carbocycles. The van der Waals surface area contributed by atoms with Gasteiger partial charge in [0.25, 0.3) is 0 Å². The van der Waals surface area contributed by atoms with E-state index in [9.17, 15) is 23.1 Å². The Labute approximate surface area is 180 Å². The van der Waals surface area contributed by atoms with Crippen molar-refractivity contribution in [3.63, 3.8) is 0 Å². The number of hydrogen-bond donors (Lipinski definition) is 1. The first-order valence-corrected chi connectivity index (χ1v) is 10.6. The Kier molecular flexibility index (Phi) is 8.69. The normalized spacial score (nSPS) is 22.0. The summed E-state index contributed by atoms with van der Waals surface area (Å²) in [7, 11) is 1.20. The Bertz CT molecular complexity index is 782. The number of aromatic nitrogens is 1. The van der Waals surface area contributed by atoms with Crippen LogP contribution in [0, 0.1) is 31.1 Å². The lowest BCUT2D eigenvalue weighted by Crippen LogP contribution is -2.35. The van der Waals surface area contributed by atoms with Gasteiger partial charge < -0.3 is 14.4 Å². The zero-order valence-electron chi connectivity index (χ0n) is 17.4. The molecule has 168 valence electrons. The van der Waals surface area contributed by atoms with E-state index in [1.807, 2.05) is 0 Å². The molecule has 30 heavy (non-hydrogen) atoms. The average molecular weight is 448 g/mol. The maximum absolute atomic E-state index is 13.9. The maximum atomic E-state index is 13.9. The molecule has 0 radical (unpaired) electrons. The minimum absolute atomic E-state index is 0.0138. The average Bonchev–Trinajstić information content (AvgIpc) is 2.94. The van der Waals surface area contributed by atoms with Gasteiger partial charge in [0.05, 0.1) is 25.2 Å². The number of esters is 1. The Morgan fingerprint density at radius 1 is 1.37 bits per heavy atom. The van der Waals surface area contributed by atoms with E-state index in [-0.39, 0.29) is 36.2 Å². The van der Waals surface area contributed by atoms with E-state index in [0.717, 1.165) is 19.3 Å². The SMILES string of the molecule is C#CCCCCC1CCC(C(F)(F)F)[C@H](c2c(C)c(C(=O)OC)c(Cl)n2CCO)C1. The van der Waals surface area contributed by atoms with Crippen LogP contribution in [-0.2, 0) is 11.3 Å².